The number of aryl methyl sites for hydroxylation is 1. The van der Waals surface area contributed by atoms with Crippen LogP contribution >= 0.6 is 0 Å². The topological polar surface area (TPSA) is 106 Å². The summed E-state index contributed by atoms with van der Waals surface area (Å²) in [5, 5.41) is 13.7. The van der Waals surface area contributed by atoms with E-state index in [1.807, 2.05) is 6.92 Å². The maximum atomic E-state index is 13.3. The molecule has 8 nitrogen and oxygen atoms in total. The van der Waals surface area contributed by atoms with Gasteiger partial charge in [0.1, 0.15) is 35.1 Å². The van der Waals surface area contributed by atoms with Gasteiger partial charge in [-0.05, 0) is 44.4 Å². The highest BCUT2D eigenvalue weighted by Crippen LogP contribution is 2.41. The predicted molar refractivity (Wildman–Crippen MR) is 127 cm³/mol. The summed E-state index contributed by atoms with van der Waals surface area (Å²) in [4.78, 5) is 8.57. The highest BCUT2D eigenvalue weighted by atomic mass is 32.2. The molecule has 0 bridgehead atoms. The van der Waals surface area contributed by atoms with Gasteiger partial charge in [0.15, 0.2) is 0 Å². The first-order chi connectivity index (χ1) is 15.9. The van der Waals surface area contributed by atoms with Crippen molar-refractivity contribution in [2.24, 2.45) is 4.36 Å². The van der Waals surface area contributed by atoms with Crippen LogP contribution in [-0.4, -0.2) is 51.1 Å². The first kappa shape index (κ1) is 23.2. The molecule has 2 fully saturated rings. The zero-order chi connectivity index (χ0) is 23.4. The molecule has 0 saturated carbocycles. The van der Waals surface area contributed by atoms with Crippen LogP contribution in [0.25, 0.3) is 10.9 Å². The van der Waals surface area contributed by atoms with E-state index in [2.05, 4.69) is 19.6 Å². The monoisotopic (exact) mass is 474 g/mol. The minimum absolute atomic E-state index is 0.232. The Bertz CT molecular complexity index is 1270. The molecule has 0 atom stereocenters. The van der Waals surface area contributed by atoms with Gasteiger partial charge < -0.3 is 19.9 Å². The molecular formula is C23H27FN4O4S. The van der Waals surface area contributed by atoms with Gasteiger partial charge in [0, 0.05) is 41.7 Å². The second-order valence-electron chi connectivity index (χ2n) is 7.90. The number of nitrogens with zero attached hydrogens (tertiary/aromatic N) is 3. The van der Waals surface area contributed by atoms with Crippen LogP contribution in [0.2, 0.25) is 0 Å². The van der Waals surface area contributed by atoms with Crippen molar-refractivity contribution >= 4 is 37.8 Å². The Morgan fingerprint density at radius 2 is 1.94 bits per heavy atom. The number of anilines is 2. The minimum Gasteiger partial charge on any atom is -0.506 e. The van der Waals surface area contributed by atoms with Crippen molar-refractivity contribution < 1.29 is 23.2 Å². The highest BCUT2D eigenvalue weighted by Gasteiger charge is 2.22. The molecule has 2 saturated heterocycles. The van der Waals surface area contributed by atoms with E-state index >= 15 is 0 Å². The third-order valence-corrected chi connectivity index (χ3v) is 7.92. The second-order valence-corrected chi connectivity index (χ2v) is 10.4. The van der Waals surface area contributed by atoms with Gasteiger partial charge in [0.25, 0.3) is 0 Å². The largest absolute Gasteiger partial charge is 0.506 e. The van der Waals surface area contributed by atoms with Crippen LogP contribution in [0.15, 0.2) is 35.0 Å². The zero-order valence-corrected chi connectivity index (χ0v) is 19.5. The summed E-state index contributed by atoms with van der Waals surface area (Å²) in [7, 11) is -0.680. The summed E-state index contributed by atoms with van der Waals surface area (Å²) in [5.74, 6) is 1.35. The van der Waals surface area contributed by atoms with Gasteiger partial charge in [-0.2, -0.15) is 4.36 Å². The molecule has 33 heavy (non-hydrogen) atoms. The quantitative estimate of drug-likeness (QED) is 0.522. The Balaban J connectivity index is 0.000000459. The number of aromatic hydroxyl groups is 1. The standard InChI is InChI=1S/C19H19FN4O3S.C4H8O/c1-11-17-14(9-15(18(11)27-2)24-28(26)6-3-7-28)21-10-22-19(17)23-13-5-4-12(20)8-16(13)25;1-2-4-5-3-1/h4-5,8-10,25H,3,6-7H2,1-2H3,(H,21,22,23);1-4H2. The highest BCUT2D eigenvalue weighted by molar-refractivity contribution is 7.95. The van der Waals surface area contributed by atoms with Crippen molar-refractivity contribution in [2.75, 3.05) is 37.1 Å². The SMILES string of the molecule is C1CCOC1.COc1c(N=S2(=O)CCC2)cc2ncnc(Nc3ccc(F)cc3O)c2c1C. The molecule has 10 heteroatoms. The lowest BCUT2D eigenvalue weighted by atomic mass is 10.1. The first-order valence-corrected chi connectivity index (χ1v) is 12.6. The summed E-state index contributed by atoms with van der Waals surface area (Å²) in [6, 6.07) is 5.41. The number of nitrogens with one attached hydrogen (secondary N) is 1. The zero-order valence-electron chi connectivity index (χ0n) is 18.6. The number of fused-ring (bicyclic) bond motifs is 1. The molecule has 2 aromatic carbocycles. The lowest BCUT2D eigenvalue weighted by Crippen LogP contribution is -2.23. The second kappa shape index (κ2) is 9.88. The van der Waals surface area contributed by atoms with E-state index in [9.17, 15) is 13.7 Å². The molecule has 2 aliphatic heterocycles. The third kappa shape index (κ3) is 5.17. The summed E-state index contributed by atoms with van der Waals surface area (Å²) in [6.45, 7) is 3.84. The molecule has 0 radical (unpaired) electrons. The van der Waals surface area contributed by atoms with Crippen LogP contribution in [0, 0.1) is 12.7 Å². The number of phenols is 1. The number of aromatic nitrogens is 2. The molecule has 0 aliphatic carbocycles. The maximum absolute atomic E-state index is 13.3. The summed E-state index contributed by atoms with van der Waals surface area (Å²) in [6.07, 6.45) is 4.85. The van der Waals surface area contributed by atoms with Gasteiger partial charge in [-0.25, -0.2) is 18.6 Å². The molecule has 0 spiro atoms. The van der Waals surface area contributed by atoms with E-state index in [1.54, 1.807) is 6.07 Å². The normalized spacial score (nSPS) is 16.5. The maximum Gasteiger partial charge on any atom is 0.149 e. The molecule has 3 aromatic rings. The fourth-order valence-corrected chi connectivity index (χ4v) is 5.17. The van der Waals surface area contributed by atoms with E-state index in [1.165, 1.54) is 38.4 Å². The number of hydrogen-bond acceptors (Lipinski definition) is 8. The first-order valence-electron chi connectivity index (χ1n) is 10.8. The van der Waals surface area contributed by atoms with Crippen molar-refractivity contribution in [1.29, 1.82) is 0 Å². The average Bonchev–Trinajstić information content (AvgIpc) is 3.35. The van der Waals surface area contributed by atoms with Gasteiger partial charge in [-0.1, -0.05) is 0 Å². The van der Waals surface area contributed by atoms with Gasteiger partial charge in [-0.15, -0.1) is 0 Å². The van der Waals surface area contributed by atoms with Crippen LogP contribution in [0.5, 0.6) is 11.5 Å². The number of halogens is 1. The van der Waals surface area contributed by atoms with Crippen LogP contribution in [0.4, 0.5) is 21.6 Å². The average molecular weight is 475 g/mol. The van der Waals surface area contributed by atoms with Crippen LogP contribution < -0.4 is 10.1 Å². The fraction of sp³-hybridized carbons (Fsp3) is 0.391. The van der Waals surface area contributed by atoms with Crippen LogP contribution in [0.3, 0.4) is 0 Å². The van der Waals surface area contributed by atoms with E-state index < -0.39 is 15.5 Å². The Morgan fingerprint density at radius 3 is 2.52 bits per heavy atom. The summed E-state index contributed by atoms with van der Waals surface area (Å²) in [5.41, 5.74) is 2.14. The molecule has 2 N–H and O–H groups in total. The molecule has 5 rings (SSSR count). The number of hydrogen-bond donors (Lipinski definition) is 2. The van der Waals surface area contributed by atoms with Crippen molar-refractivity contribution in [3.63, 3.8) is 0 Å². The number of phenolic OH excluding ortho intramolecular Hbond substituents is 1. The number of ether oxygens (including phenoxy) is 2. The lowest BCUT2D eigenvalue weighted by Gasteiger charge is -2.20. The van der Waals surface area contributed by atoms with E-state index in [-0.39, 0.29) is 5.75 Å². The molecule has 0 amide bonds. The lowest BCUT2D eigenvalue weighted by molar-refractivity contribution is 0.198. The molecule has 176 valence electrons. The van der Waals surface area contributed by atoms with Crippen molar-refractivity contribution in [2.45, 2.75) is 26.2 Å². The molecular weight excluding hydrogens is 447 g/mol. The van der Waals surface area contributed by atoms with E-state index in [4.69, 9.17) is 9.47 Å². The Kier molecular flexibility index (Phi) is 6.94. The molecule has 3 heterocycles. The van der Waals surface area contributed by atoms with Crippen LogP contribution in [-0.2, 0) is 14.5 Å². The Hall–Kier alpha value is -2.98. The summed E-state index contributed by atoms with van der Waals surface area (Å²) < 4.78 is 40.8. The molecule has 1 aromatic heterocycles. The van der Waals surface area contributed by atoms with Gasteiger partial charge in [-0.3, -0.25) is 0 Å². The Labute approximate surface area is 192 Å². The molecule has 0 unspecified atom stereocenters. The summed E-state index contributed by atoms with van der Waals surface area (Å²) >= 11 is 0. The molecule has 2 aliphatic rings. The van der Waals surface area contributed by atoms with Crippen LogP contribution in [0.1, 0.15) is 24.8 Å². The third-order valence-electron chi connectivity index (χ3n) is 5.53. The predicted octanol–water partition coefficient (Wildman–Crippen LogP) is 4.84. The number of rotatable bonds is 4. The van der Waals surface area contributed by atoms with Gasteiger partial charge in [0.2, 0.25) is 0 Å². The number of methoxy groups -OCH3 is 1. The fourth-order valence-electron chi connectivity index (χ4n) is 3.71. The number of benzene rings is 2. The smallest absolute Gasteiger partial charge is 0.149 e. The minimum atomic E-state index is -2.21. The van der Waals surface area contributed by atoms with E-state index in [0.29, 0.717) is 45.4 Å². The van der Waals surface area contributed by atoms with E-state index in [0.717, 1.165) is 31.3 Å². The van der Waals surface area contributed by atoms with Gasteiger partial charge in [0.05, 0.1) is 28.0 Å². The van der Waals surface area contributed by atoms with Crippen molar-refractivity contribution in [1.82, 2.24) is 9.97 Å². The Morgan fingerprint density at radius 1 is 1.18 bits per heavy atom. The van der Waals surface area contributed by atoms with Crippen molar-refractivity contribution in [3.05, 3.63) is 42.0 Å². The van der Waals surface area contributed by atoms with Crippen molar-refractivity contribution in [3.8, 4) is 11.5 Å². The van der Waals surface area contributed by atoms with Gasteiger partial charge >= 0.3 is 0 Å².